The first-order valence-electron chi connectivity index (χ1n) is 9.32. The summed E-state index contributed by atoms with van der Waals surface area (Å²) in [6.07, 6.45) is 6.07. The molecule has 148 valence electrons. The van der Waals surface area contributed by atoms with Gasteiger partial charge in [0.2, 0.25) is 0 Å². The second kappa shape index (κ2) is 6.57. The van der Waals surface area contributed by atoms with Crippen LogP contribution in [0.1, 0.15) is 15.6 Å². The lowest BCUT2D eigenvalue weighted by atomic mass is 10.1. The van der Waals surface area contributed by atoms with Crippen LogP contribution < -0.4 is 5.56 Å². The van der Waals surface area contributed by atoms with E-state index >= 15 is 0 Å². The molecule has 0 aliphatic heterocycles. The van der Waals surface area contributed by atoms with Crippen LogP contribution in [-0.2, 0) is 20.0 Å². The molecule has 0 amide bonds. The Labute approximate surface area is 177 Å². The number of nitrogens with one attached hydrogen (secondary N) is 1. The molecule has 6 rings (SSSR count). The molecule has 0 saturated heterocycles. The third-order valence-corrected chi connectivity index (χ3v) is 7.11. The number of aromatic nitrogens is 7. The standard InChI is InChI=1S/C20H15N7OS2/c1-26-17-13(18-19(26)24-16(30-18)7-15-21-5-6-29-15)9-23-27(20(17)28)10-11-3-2-4-14-12(11)8-22-25-14/h2-6,8-9H,7,10H2,1H3,(H,22,25). The Bertz CT molecular complexity index is 1590. The Hall–Kier alpha value is -3.37. The first-order chi connectivity index (χ1) is 14.7. The van der Waals surface area contributed by atoms with Crippen molar-refractivity contribution in [2.24, 2.45) is 7.05 Å². The predicted octanol–water partition coefficient (Wildman–Crippen LogP) is 3.32. The molecule has 1 N–H and O–H groups in total. The molecule has 0 aliphatic carbocycles. The van der Waals surface area contributed by atoms with Crippen molar-refractivity contribution in [1.82, 2.24) is 34.5 Å². The number of hydrogen-bond acceptors (Lipinski definition) is 7. The van der Waals surface area contributed by atoms with E-state index in [4.69, 9.17) is 4.98 Å². The first-order valence-corrected chi connectivity index (χ1v) is 11.0. The zero-order chi connectivity index (χ0) is 20.2. The molecule has 0 spiro atoms. The highest BCUT2D eigenvalue weighted by Gasteiger charge is 2.19. The maximum absolute atomic E-state index is 13.3. The quantitative estimate of drug-likeness (QED) is 0.460. The Morgan fingerprint density at radius 3 is 2.97 bits per heavy atom. The summed E-state index contributed by atoms with van der Waals surface area (Å²) in [5.41, 5.74) is 3.25. The number of nitrogens with zero attached hydrogens (tertiary/aromatic N) is 6. The Kier molecular flexibility index (Phi) is 3.83. The van der Waals surface area contributed by atoms with E-state index in [9.17, 15) is 4.79 Å². The van der Waals surface area contributed by atoms with Crippen molar-refractivity contribution >= 4 is 54.8 Å². The van der Waals surface area contributed by atoms with E-state index in [1.807, 2.05) is 35.2 Å². The Morgan fingerprint density at radius 2 is 2.10 bits per heavy atom. The second-order valence-corrected chi connectivity index (χ2v) is 9.10. The molecule has 8 nitrogen and oxygen atoms in total. The third-order valence-electron chi connectivity index (χ3n) is 5.25. The fourth-order valence-electron chi connectivity index (χ4n) is 3.82. The van der Waals surface area contributed by atoms with Crippen LogP contribution in [0.5, 0.6) is 0 Å². The van der Waals surface area contributed by atoms with Gasteiger partial charge in [0, 0.05) is 29.4 Å². The lowest BCUT2D eigenvalue weighted by Gasteiger charge is -2.07. The maximum Gasteiger partial charge on any atom is 0.291 e. The van der Waals surface area contributed by atoms with Crippen LogP contribution in [0.15, 0.2) is 47.0 Å². The largest absolute Gasteiger partial charge is 0.323 e. The van der Waals surface area contributed by atoms with Crippen molar-refractivity contribution in [3.05, 3.63) is 68.1 Å². The Morgan fingerprint density at radius 1 is 1.17 bits per heavy atom. The SMILES string of the molecule is Cn1c2nc(Cc3nccs3)sc2c2cnn(Cc3cccc4[nH]ncc34)c(=O)c21. The van der Waals surface area contributed by atoms with Gasteiger partial charge in [0.25, 0.3) is 5.56 Å². The van der Waals surface area contributed by atoms with E-state index in [2.05, 4.69) is 20.3 Å². The van der Waals surface area contributed by atoms with Crippen molar-refractivity contribution in [2.45, 2.75) is 13.0 Å². The topological polar surface area (TPSA) is 94.3 Å². The van der Waals surface area contributed by atoms with Crippen LogP contribution in [0.4, 0.5) is 0 Å². The molecule has 10 heteroatoms. The van der Waals surface area contributed by atoms with Crippen molar-refractivity contribution in [3.8, 4) is 0 Å². The number of hydrogen-bond donors (Lipinski definition) is 1. The molecule has 0 aliphatic rings. The van der Waals surface area contributed by atoms with Crippen LogP contribution in [0, 0.1) is 0 Å². The van der Waals surface area contributed by atoms with E-state index in [1.54, 1.807) is 41.3 Å². The van der Waals surface area contributed by atoms with Gasteiger partial charge in [0.15, 0.2) is 5.65 Å². The highest BCUT2D eigenvalue weighted by atomic mass is 32.1. The van der Waals surface area contributed by atoms with Crippen LogP contribution in [0.25, 0.3) is 32.2 Å². The molecule has 5 aromatic heterocycles. The molecule has 0 fully saturated rings. The number of aryl methyl sites for hydroxylation is 1. The van der Waals surface area contributed by atoms with Gasteiger partial charge in [-0.05, 0) is 11.6 Å². The molecule has 30 heavy (non-hydrogen) atoms. The minimum absolute atomic E-state index is 0.123. The van der Waals surface area contributed by atoms with Crippen molar-refractivity contribution in [1.29, 1.82) is 0 Å². The zero-order valence-corrected chi connectivity index (χ0v) is 17.5. The summed E-state index contributed by atoms with van der Waals surface area (Å²) in [6.45, 7) is 0.382. The van der Waals surface area contributed by atoms with Crippen molar-refractivity contribution in [2.75, 3.05) is 0 Å². The van der Waals surface area contributed by atoms with E-state index in [1.165, 1.54) is 4.68 Å². The summed E-state index contributed by atoms with van der Waals surface area (Å²) in [5.74, 6) is 0. The molecule has 0 atom stereocenters. The summed E-state index contributed by atoms with van der Waals surface area (Å²) in [6, 6.07) is 5.91. The van der Waals surface area contributed by atoms with Crippen molar-refractivity contribution in [3.63, 3.8) is 0 Å². The van der Waals surface area contributed by atoms with Crippen molar-refractivity contribution < 1.29 is 0 Å². The minimum atomic E-state index is -0.123. The van der Waals surface area contributed by atoms with Gasteiger partial charge in [0.05, 0.1) is 40.6 Å². The summed E-state index contributed by atoms with van der Waals surface area (Å²) >= 11 is 3.22. The number of aromatic amines is 1. The van der Waals surface area contributed by atoms with Gasteiger partial charge in [-0.15, -0.1) is 22.7 Å². The molecular weight excluding hydrogens is 418 g/mol. The van der Waals surface area contributed by atoms with Gasteiger partial charge >= 0.3 is 0 Å². The molecule has 0 bridgehead atoms. The molecule has 5 heterocycles. The van der Waals surface area contributed by atoms with Gasteiger partial charge in [-0.1, -0.05) is 12.1 Å². The van der Waals surface area contributed by atoms with Crippen LogP contribution in [0.2, 0.25) is 0 Å². The average Bonchev–Trinajstić information content (AvgIpc) is 3.52. The fourth-order valence-corrected chi connectivity index (χ4v) is 5.64. The van der Waals surface area contributed by atoms with E-state index in [0.717, 1.165) is 42.2 Å². The molecule has 6 aromatic rings. The lowest BCUT2D eigenvalue weighted by Crippen LogP contribution is -2.24. The average molecular weight is 434 g/mol. The third kappa shape index (κ3) is 2.61. The van der Waals surface area contributed by atoms with E-state index < -0.39 is 0 Å². The second-order valence-electron chi connectivity index (χ2n) is 7.04. The lowest BCUT2D eigenvalue weighted by molar-refractivity contribution is 0.647. The number of thiazole rings is 2. The zero-order valence-electron chi connectivity index (χ0n) is 15.9. The van der Waals surface area contributed by atoms with Gasteiger partial charge in [-0.2, -0.15) is 10.2 Å². The normalized spacial score (nSPS) is 11.9. The molecule has 0 unspecified atom stereocenters. The van der Waals surface area contributed by atoms with Crippen LogP contribution in [-0.4, -0.2) is 34.5 Å². The van der Waals surface area contributed by atoms with Crippen LogP contribution >= 0.6 is 22.7 Å². The number of rotatable bonds is 4. The molecule has 0 saturated carbocycles. The number of H-pyrrole nitrogens is 1. The van der Waals surface area contributed by atoms with E-state index in [-0.39, 0.29) is 5.56 Å². The molecule has 1 aromatic carbocycles. The summed E-state index contributed by atoms with van der Waals surface area (Å²) < 4.78 is 4.38. The fraction of sp³-hybridized carbons (Fsp3) is 0.150. The van der Waals surface area contributed by atoms with Gasteiger partial charge in [0.1, 0.15) is 10.5 Å². The Balaban J connectivity index is 1.45. The predicted molar refractivity (Wildman–Crippen MR) is 118 cm³/mol. The number of fused-ring (bicyclic) bond motifs is 4. The van der Waals surface area contributed by atoms with Crippen LogP contribution in [0.3, 0.4) is 0 Å². The summed E-state index contributed by atoms with van der Waals surface area (Å²) in [7, 11) is 1.89. The molecule has 0 radical (unpaired) electrons. The molecular formula is C20H15N7OS2. The summed E-state index contributed by atoms with van der Waals surface area (Å²) in [4.78, 5) is 22.4. The highest BCUT2D eigenvalue weighted by Crippen LogP contribution is 2.32. The van der Waals surface area contributed by atoms with E-state index in [0.29, 0.717) is 18.5 Å². The van der Waals surface area contributed by atoms with Gasteiger partial charge in [-0.25, -0.2) is 14.6 Å². The maximum atomic E-state index is 13.3. The van der Waals surface area contributed by atoms with Gasteiger partial charge < -0.3 is 4.57 Å². The monoisotopic (exact) mass is 433 g/mol. The smallest absolute Gasteiger partial charge is 0.291 e. The van der Waals surface area contributed by atoms with Gasteiger partial charge in [-0.3, -0.25) is 9.89 Å². The highest BCUT2D eigenvalue weighted by molar-refractivity contribution is 7.19. The minimum Gasteiger partial charge on any atom is -0.323 e. The first kappa shape index (κ1) is 17.5. The summed E-state index contributed by atoms with van der Waals surface area (Å²) in [5, 5.41) is 17.4. The number of benzene rings is 1.